The molecule has 0 spiro atoms. The molecule has 1 amide bonds. The molecule has 0 aliphatic carbocycles. The van der Waals surface area contributed by atoms with Gasteiger partial charge in [-0.3, -0.25) is 4.79 Å². The summed E-state index contributed by atoms with van der Waals surface area (Å²) in [6.07, 6.45) is 5.98. The topological polar surface area (TPSA) is 66.5 Å². The molecule has 2 heterocycles. The van der Waals surface area contributed by atoms with Crippen molar-refractivity contribution in [3.63, 3.8) is 0 Å². The predicted octanol–water partition coefficient (Wildman–Crippen LogP) is 2.83. The second-order valence-corrected chi connectivity index (χ2v) is 9.20. The number of amides is 1. The fraction of sp³-hybridized carbons (Fsp3) is 0.611. The first-order valence-electron chi connectivity index (χ1n) is 8.87. The van der Waals surface area contributed by atoms with Crippen LogP contribution in [-0.2, 0) is 14.6 Å². The van der Waals surface area contributed by atoms with Crippen LogP contribution < -0.4 is 10.2 Å². The predicted molar refractivity (Wildman–Crippen MR) is 97.1 cm³/mol. The van der Waals surface area contributed by atoms with Crippen LogP contribution in [0.25, 0.3) is 0 Å². The maximum atomic E-state index is 12.1. The third-order valence-corrected chi connectivity index (χ3v) is 6.76. The molecule has 0 aromatic heterocycles. The molecule has 0 unspecified atom stereocenters. The number of sulfone groups is 1. The highest BCUT2D eigenvalue weighted by molar-refractivity contribution is 7.91. The Morgan fingerprint density at radius 2 is 1.75 bits per heavy atom. The first kappa shape index (κ1) is 17.3. The molecule has 2 fully saturated rings. The van der Waals surface area contributed by atoms with Crippen LogP contribution in [0.3, 0.4) is 0 Å². The van der Waals surface area contributed by atoms with Crippen molar-refractivity contribution >= 4 is 27.1 Å². The van der Waals surface area contributed by atoms with Gasteiger partial charge in [0.25, 0.3) is 0 Å². The van der Waals surface area contributed by atoms with Gasteiger partial charge in [-0.15, -0.1) is 0 Å². The number of carbonyl (C=O) groups is 1. The molecule has 2 aliphatic rings. The Labute approximate surface area is 144 Å². The maximum Gasteiger partial charge on any atom is 0.224 e. The Morgan fingerprint density at radius 3 is 2.33 bits per heavy atom. The molecule has 1 N–H and O–H groups in total. The lowest BCUT2D eigenvalue weighted by atomic mass is 10.1. The number of carbonyl (C=O) groups excluding carboxylic acids is 1. The highest BCUT2D eigenvalue weighted by Crippen LogP contribution is 2.24. The molecule has 0 bridgehead atoms. The van der Waals surface area contributed by atoms with E-state index in [1.165, 1.54) is 31.4 Å². The number of benzene rings is 1. The van der Waals surface area contributed by atoms with Crippen LogP contribution in [-0.4, -0.2) is 38.9 Å². The summed E-state index contributed by atoms with van der Waals surface area (Å²) in [6, 6.07) is 7.98. The van der Waals surface area contributed by atoms with Crippen molar-refractivity contribution < 1.29 is 13.2 Å². The number of nitrogens with zero attached hydrogens (tertiary/aromatic N) is 1. The number of hydrogen-bond acceptors (Lipinski definition) is 4. The monoisotopic (exact) mass is 350 g/mol. The van der Waals surface area contributed by atoms with E-state index in [4.69, 9.17) is 0 Å². The standard InChI is InChI=1S/C18H26N2O3S/c21-18(13-15-9-12-24(22,23)14-15)19-16-5-7-17(8-6-16)20-10-3-1-2-4-11-20/h5-8,15H,1-4,9-14H2,(H,19,21)/t15-/m0/s1. The Morgan fingerprint density at radius 1 is 1.08 bits per heavy atom. The van der Waals surface area contributed by atoms with E-state index < -0.39 is 9.84 Å². The van der Waals surface area contributed by atoms with Crippen LogP contribution >= 0.6 is 0 Å². The number of hydrogen-bond donors (Lipinski definition) is 1. The quantitative estimate of drug-likeness (QED) is 0.907. The van der Waals surface area contributed by atoms with Crippen LogP contribution in [0, 0.1) is 5.92 Å². The molecule has 2 aliphatic heterocycles. The van der Waals surface area contributed by atoms with E-state index in [2.05, 4.69) is 22.3 Å². The van der Waals surface area contributed by atoms with Crippen LogP contribution in [0.15, 0.2) is 24.3 Å². The summed E-state index contributed by atoms with van der Waals surface area (Å²) < 4.78 is 22.9. The summed E-state index contributed by atoms with van der Waals surface area (Å²) in [6.45, 7) is 2.20. The second kappa shape index (κ2) is 7.55. The minimum atomic E-state index is -2.92. The largest absolute Gasteiger partial charge is 0.372 e. The molecule has 1 aromatic carbocycles. The average molecular weight is 350 g/mol. The minimum Gasteiger partial charge on any atom is -0.372 e. The Kier molecular flexibility index (Phi) is 5.43. The number of anilines is 2. The third-order valence-electron chi connectivity index (χ3n) is 4.92. The summed E-state index contributed by atoms with van der Waals surface area (Å²) in [5.41, 5.74) is 1.98. The van der Waals surface area contributed by atoms with Crippen molar-refractivity contribution in [2.75, 3.05) is 34.8 Å². The summed E-state index contributed by atoms with van der Waals surface area (Å²) in [5.74, 6) is 0.232. The normalized spacial score (nSPS) is 23.7. The zero-order valence-electron chi connectivity index (χ0n) is 14.0. The first-order chi connectivity index (χ1) is 11.5. The van der Waals surface area contributed by atoms with Gasteiger partial charge in [0.15, 0.2) is 9.84 Å². The Balaban J connectivity index is 1.53. The molecular weight excluding hydrogens is 324 g/mol. The molecule has 132 valence electrons. The van der Waals surface area contributed by atoms with Gasteiger partial charge in [0.2, 0.25) is 5.91 Å². The first-order valence-corrected chi connectivity index (χ1v) is 10.7. The molecule has 1 aromatic rings. The van der Waals surface area contributed by atoms with Crippen molar-refractivity contribution in [1.29, 1.82) is 0 Å². The second-order valence-electron chi connectivity index (χ2n) is 6.97. The van der Waals surface area contributed by atoms with E-state index >= 15 is 0 Å². The van der Waals surface area contributed by atoms with Crippen molar-refractivity contribution in [3.8, 4) is 0 Å². The van der Waals surface area contributed by atoms with Gasteiger partial charge in [0.1, 0.15) is 0 Å². The fourth-order valence-electron chi connectivity index (χ4n) is 3.59. The number of rotatable bonds is 4. The lowest BCUT2D eigenvalue weighted by Crippen LogP contribution is -2.23. The van der Waals surface area contributed by atoms with Crippen molar-refractivity contribution in [2.24, 2.45) is 5.92 Å². The smallest absolute Gasteiger partial charge is 0.224 e. The molecule has 0 radical (unpaired) electrons. The van der Waals surface area contributed by atoms with E-state index in [9.17, 15) is 13.2 Å². The number of nitrogens with one attached hydrogen (secondary N) is 1. The highest BCUT2D eigenvalue weighted by atomic mass is 32.2. The molecular formula is C18H26N2O3S. The van der Waals surface area contributed by atoms with Crippen molar-refractivity contribution in [3.05, 3.63) is 24.3 Å². The van der Waals surface area contributed by atoms with Crippen LogP contribution in [0.2, 0.25) is 0 Å². The van der Waals surface area contributed by atoms with E-state index in [1.807, 2.05) is 12.1 Å². The molecule has 24 heavy (non-hydrogen) atoms. The maximum absolute atomic E-state index is 12.1. The lowest BCUT2D eigenvalue weighted by molar-refractivity contribution is -0.116. The van der Waals surface area contributed by atoms with E-state index in [0.717, 1.165) is 18.8 Å². The van der Waals surface area contributed by atoms with E-state index in [0.29, 0.717) is 6.42 Å². The van der Waals surface area contributed by atoms with E-state index in [1.54, 1.807) is 0 Å². The molecule has 6 heteroatoms. The van der Waals surface area contributed by atoms with E-state index in [-0.39, 0.29) is 29.8 Å². The van der Waals surface area contributed by atoms with Gasteiger partial charge in [-0.25, -0.2) is 8.42 Å². The SMILES string of the molecule is O=C(C[C@@H]1CCS(=O)(=O)C1)Nc1ccc(N2CCCCCC2)cc1. The minimum absolute atomic E-state index is 0.0358. The summed E-state index contributed by atoms with van der Waals surface area (Å²) in [7, 11) is -2.92. The van der Waals surface area contributed by atoms with Gasteiger partial charge in [-0.1, -0.05) is 12.8 Å². The van der Waals surface area contributed by atoms with Crippen molar-refractivity contribution in [1.82, 2.24) is 0 Å². The molecule has 0 saturated carbocycles. The van der Waals surface area contributed by atoms with Crippen molar-refractivity contribution in [2.45, 2.75) is 38.5 Å². The fourth-order valence-corrected chi connectivity index (χ4v) is 5.45. The van der Waals surface area contributed by atoms with Gasteiger partial charge in [-0.05, 0) is 49.4 Å². The molecule has 5 nitrogen and oxygen atoms in total. The zero-order chi connectivity index (χ0) is 17.0. The molecule has 1 atom stereocenters. The van der Waals surface area contributed by atoms with Gasteiger partial charge < -0.3 is 10.2 Å². The Hall–Kier alpha value is -1.56. The zero-order valence-corrected chi connectivity index (χ0v) is 14.9. The van der Waals surface area contributed by atoms with Crippen LogP contribution in [0.4, 0.5) is 11.4 Å². The van der Waals surface area contributed by atoms with Crippen LogP contribution in [0.5, 0.6) is 0 Å². The lowest BCUT2D eigenvalue weighted by Gasteiger charge is -2.22. The molecule has 2 saturated heterocycles. The summed E-state index contributed by atoms with van der Waals surface area (Å²) >= 11 is 0. The average Bonchev–Trinajstić information content (AvgIpc) is 2.76. The van der Waals surface area contributed by atoms with Gasteiger partial charge >= 0.3 is 0 Å². The molecule has 3 rings (SSSR count). The van der Waals surface area contributed by atoms with Gasteiger partial charge in [0, 0.05) is 30.9 Å². The highest BCUT2D eigenvalue weighted by Gasteiger charge is 2.29. The summed E-state index contributed by atoms with van der Waals surface area (Å²) in [5, 5.41) is 2.89. The third kappa shape index (κ3) is 4.72. The summed E-state index contributed by atoms with van der Waals surface area (Å²) in [4.78, 5) is 14.5. The van der Waals surface area contributed by atoms with Gasteiger partial charge in [-0.2, -0.15) is 0 Å². The Bertz CT molecular complexity index is 662. The van der Waals surface area contributed by atoms with Crippen LogP contribution in [0.1, 0.15) is 38.5 Å². The van der Waals surface area contributed by atoms with Gasteiger partial charge in [0.05, 0.1) is 11.5 Å².